The Hall–Kier alpha value is -14.5. The van der Waals surface area contributed by atoms with Crippen LogP contribution in [0.4, 0.5) is 5.69 Å². The van der Waals surface area contributed by atoms with E-state index in [1.165, 1.54) is 35.1 Å². The summed E-state index contributed by atoms with van der Waals surface area (Å²) < 4.78 is 35.2. The number of Topliss-reactive ketones (excluding diaryl/α,β-unsaturated/α-hetero) is 10. The van der Waals surface area contributed by atoms with Crippen LogP contribution in [0.3, 0.4) is 0 Å². The number of hydrogen-bond donors (Lipinski definition) is 0. The average Bonchev–Trinajstić information content (AvgIpc) is 1.60. The van der Waals surface area contributed by atoms with Crippen molar-refractivity contribution in [2.45, 2.75) is 163 Å². The summed E-state index contributed by atoms with van der Waals surface area (Å²) in [4.78, 5) is 146. The molecule has 1 aromatic heterocycles. The number of nitro groups is 1. The van der Waals surface area contributed by atoms with E-state index in [9.17, 15) is 66.5 Å². The highest BCUT2D eigenvalue weighted by molar-refractivity contribution is 7.90. The highest BCUT2D eigenvalue weighted by atomic mass is 35.5. The Bertz CT molecular complexity index is 7610. The van der Waals surface area contributed by atoms with Crippen LogP contribution in [0.5, 0.6) is 11.5 Å². The molecule has 0 saturated heterocycles. The number of ketones is 10. The summed E-state index contributed by atoms with van der Waals surface area (Å²) in [5.41, 5.74) is 32.1. The standard InChI is InChI=1S/C25H20O4.C24H20O4S.C23H17ClO2.C23H17NO4.C22H17NO2/c26-19-7-3-4-14-12-18-16-5-1-2-6-17(16)25(27)24(18)23(22(14)19)15-8-9-20-21(13-15)29-11-10-28-20;1-29(27,28)16-11-9-14(10-12-16)22-21-15(5-4-8-20(21)25)13-19-17-6-2-3-7-18(17)24(26)23(19)22;24-15-10-8-13(9-11-15)21-20-14(4-3-7-19(20)25)12-18-16-5-1-2-6-17(16)23(26)22(18)21;25-19-7-3-4-14-12-18-16-5-1-2-6-17(16)23(26)22(18)21(20(14)19)13-8-10-15(11-9-13)24(27)28;24-18-9-3-5-13-11-17-15-7-1-2-8-16(15)22(25)21(17)20(19(13)18)14-6-4-10-23-12-14/h1-2,5-6,8-9,13,23H,3-4,7,10-12H2;2-3,6-7,9-12,22H,4-5,8,13H2,1H3;1-2,5-6,8-11,21H,3-4,7,12H2;1-2,5-6,8-11,21H,3-4,7,12H2;1-2,4,6-8,10,12,20H,3,5,9,11H2. The highest BCUT2D eigenvalue weighted by Gasteiger charge is 2.50. The van der Waals surface area contributed by atoms with Gasteiger partial charge in [0.1, 0.15) is 13.2 Å². The molecule has 2 heterocycles. The quantitative estimate of drug-likeness (QED) is 0.106. The van der Waals surface area contributed by atoms with E-state index in [2.05, 4.69) is 4.98 Å². The number of allylic oxidation sites excluding steroid dienone is 20. The minimum atomic E-state index is -3.31. The summed E-state index contributed by atoms with van der Waals surface area (Å²) in [6.45, 7) is 1.04. The fourth-order valence-corrected chi connectivity index (χ4v) is 25.1. The molecule has 678 valence electrons. The Labute approximate surface area is 796 Å². The largest absolute Gasteiger partial charge is 0.486 e. The molecule has 10 aromatic rings. The maximum Gasteiger partial charge on any atom is 0.269 e. The second-order valence-electron chi connectivity index (χ2n) is 37.8. The van der Waals surface area contributed by atoms with Crippen LogP contribution in [0, 0.1) is 10.1 Å². The number of non-ortho nitro benzene ring substituents is 1. The summed E-state index contributed by atoms with van der Waals surface area (Å²) in [5.74, 6) is 0.636. The zero-order valence-corrected chi connectivity index (χ0v) is 76.7. The van der Waals surface area contributed by atoms with Crippen molar-refractivity contribution >= 4 is 113 Å². The number of nitro benzene ring substituents is 1. The van der Waals surface area contributed by atoms with Crippen molar-refractivity contribution in [2.24, 2.45) is 0 Å². The lowest BCUT2D eigenvalue weighted by molar-refractivity contribution is -0.384. The molecule has 1 aliphatic heterocycles. The van der Waals surface area contributed by atoms with Crippen molar-refractivity contribution in [3.8, 4) is 11.5 Å². The number of pyridine rings is 1. The summed E-state index contributed by atoms with van der Waals surface area (Å²) in [5, 5.41) is 11.7. The maximum absolute atomic E-state index is 13.4. The van der Waals surface area contributed by atoms with Gasteiger partial charge in [-0.1, -0.05) is 209 Å². The third-order valence-electron chi connectivity index (χ3n) is 30.2. The second-order valence-corrected chi connectivity index (χ2v) is 40.2. The normalized spacial score (nSPS) is 21.6. The molecule has 0 fully saturated rings. The molecule has 137 heavy (non-hydrogen) atoms. The van der Waals surface area contributed by atoms with Crippen LogP contribution in [0.1, 0.15) is 265 Å². The molecule has 18 nitrogen and oxygen atoms in total. The molecule has 5 atom stereocenters. The molecule has 15 aliphatic carbocycles. The van der Waals surface area contributed by atoms with Crippen molar-refractivity contribution in [3.05, 3.63) is 419 Å². The van der Waals surface area contributed by atoms with Gasteiger partial charge in [-0.2, -0.15) is 0 Å². The van der Waals surface area contributed by atoms with Crippen LogP contribution in [0.25, 0.3) is 27.9 Å². The number of benzene rings is 9. The number of carbonyl (C=O) groups is 10. The lowest BCUT2D eigenvalue weighted by atomic mass is 9.69. The van der Waals surface area contributed by atoms with Gasteiger partial charge in [0, 0.05) is 181 Å². The molecule has 0 saturated carbocycles. The molecular weight excluding hydrogens is 1760 g/mol. The zero-order valence-electron chi connectivity index (χ0n) is 75.2. The summed E-state index contributed by atoms with van der Waals surface area (Å²) >= 11 is 6.07. The Kier molecular flexibility index (Phi) is 22.6. The van der Waals surface area contributed by atoms with Gasteiger partial charge in [-0.3, -0.25) is 63.0 Å². The lowest BCUT2D eigenvalue weighted by Gasteiger charge is -2.33. The van der Waals surface area contributed by atoms with Crippen LogP contribution < -0.4 is 9.47 Å². The predicted molar refractivity (Wildman–Crippen MR) is 520 cm³/mol. The summed E-state index contributed by atoms with van der Waals surface area (Å²) in [6, 6.07) is 68.9. The molecule has 0 amide bonds. The predicted octanol–water partition coefficient (Wildman–Crippen LogP) is 23.5. The molecule has 0 spiro atoms. The van der Waals surface area contributed by atoms with E-state index in [1.54, 1.807) is 48.8 Å². The monoisotopic (exact) mass is 1850 g/mol. The van der Waals surface area contributed by atoms with Crippen LogP contribution in [0.15, 0.2) is 325 Å². The van der Waals surface area contributed by atoms with Crippen molar-refractivity contribution in [1.82, 2.24) is 4.98 Å². The first kappa shape index (κ1) is 87.8. The van der Waals surface area contributed by atoms with E-state index in [-0.39, 0.29) is 86.2 Å². The average molecular weight is 1850 g/mol. The number of hydrogen-bond acceptors (Lipinski definition) is 17. The lowest BCUT2D eigenvalue weighted by Crippen LogP contribution is -2.25. The van der Waals surface area contributed by atoms with Gasteiger partial charge < -0.3 is 9.47 Å². The van der Waals surface area contributed by atoms with E-state index in [4.69, 9.17) is 21.1 Å². The van der Waals surface area contributed by atoms with Gasteiger partial charge in [0.15, 0.2) is 79.2 Å². The number of rotatable bonds is 7. The first-order valence-electron chi connectivity index (χ1n) is 47.3. The van der Waals surface area contributed by atoms with Gasteiger partial charge in [0.2, 0.25) is 0 Å². The number of fused-ring (bicyclic) bond motifs is 11. The molecule has 0 radical (unpaired) electrons. The van der Waals surface area contributed by atoms with Crippen LogP contribution in [-0.2, 0) is 33.8 Å². The van der Waals surface area contributed by atoms with E-state index >= 15 is 0 Å². The van der Waals surface area contributed by atoms with Gasteiger partial charge in [-0.05, 0) is 222 Å². The Morgan fingerprint density at radius 1 is 0.314 bits per heavy atom. The zero-order chi connectivity index (χ0) is 94.1. The Balaban J connectivity index is 0.0000000991. The highest BCUT2D eigenvalue weighted by Crippen LogP contribution is 2.60. The van der Waals surface area contributed by atoms with Gasteiger partial charge in [0.05, 0.1) is 9.82 Å². The third kappa shape index (κ3) is 15.1. The SMILES string of the molecule is CS(=O)(=O)c1ccc(C2C3=C(CCCC3=O)CC3=C2C(=O)c2ccccc23)cc1.O=C1CCCC2=C1C(c1ccc(Cl)cc1)C1=C(C2)c2ccccc2C1=O.O=C1CCCC2=C1C(c1ccc([N+](=O)[O-])cc1)C1=C(C2)c2ccccc2C1=O.O=C1CCCC2=C1C(c1ccc3c(c1)OCCO3)C1=C(C2)c2ccccc2C1=O.O=C1CCCC2=C1C(c1cccnc1)C1=C(C2)c2ccccc2C1=O. The fourth-order valence-electron chi connectivity index (χ4n) is 24.3. The van der Waals surface area contributed by atoms with Crippen LogP contribution in [-0.4, -0.2) is 95.6 Å². The summed E-state index contributed by atoms with van der Waals surface area (Å²) in [6.07, 6.45) is 19.8. The summed E-state index contributed by atoms with van der Waals surface area (Å²) in [7, 11) is -3.31. The first-order valence-corrected chi connectivity index (χ1v) is 49.5. The number of ether oxygens (including phenoxy) is 2. The fraction of sp³-hybridized carbons (Fsp3) is 0.239. The Morgan fingerprint density at radius 2 is 0.591 bits per heavy atom. The van der Waals surface area contributed by atoms with Crippen molar-refractivity contribution < 1.29 is 70.8 Å². The molecule has 9 aromatic carbocycles. The Morgan fingerprint density at radius 3 is 0.891 bits per heavy atom. The molecular formula is C117H91ClN2O16S. The van der Waals surface area contributed by atoms with E-state index in [1.807, 2.05) is 176 Å². The van der Waals surface area contributed by atoms with Gasteiger partial charge in [0.25, 0.3) is 5.69 Å². The van der Waals surface area contributed by atoms with Crippen LogP contribution >= 0.6 is 11.6 Å². The number of aromatic nitrogens is 1. The number of carbonyl (C=O) groups excluding carboxylic acids is 10. The molecule has 0 bridgehead atoms. The number of sulfone groups is 1. The van der Waals surface area contributed by atoms with Crippen LogP contribution in [0.2, 0.25) is 5.02 Å². The van der Waals surface area contributed by atoms with Crippen molar-refractivity contribution in [3.63, 3.8) is 0 Å². The minimum Gasteiger partial charge on any atom is -0.486 e. The van der Waals surface area contributed by atoms with Gasteiger partial charge >= 0.3 is 0 Å². The molecule has 5 unspecified atom stereocenters. The first-order chi connectivity index (χ1) is 66.5. The topological polar surface area (TPSA) is 279 Å². The van der Waals surface area contributed by atoms with E-state index < -0.39 is 26.6 Å². The minimum absolute atomic E-state index is 0.000953. The molecule has 0 N–H and O–H groups in total. The molecule has 16 aliphatic rings. The third-order valence-corrected chi connectivity index (χ3v) is 31.6. The number of halogens is 1. The molecule has 26 rings (SSSR count). The smallest absolute Gasteiger partial charge is 0.269 e. The molecule has 20 heteroatoms. The second kappa shape index (κ2) is 35.3. The van der Waals surface area contributed by atoms with E-state index in [0.717, 1.165) is 239 Å². The van der Waals surface area contributed by atoms with Crippen molar-refractivity contribution in [1.29, 1.82) is 0 Å². The number of nitrogens with zero attached hydrogens (tertiary/aromatic N) is 2. The maximum atomic E-state index is 13.4. The van der Waals surface area contributed by atoms with Gasteiger partial charge in [-0.25, -0.2) is 8.42 Å². The van der Waals surface area contributed by atoms with Gasteiger partial charge in [-0.15, -0.1) is 0 Å². The van der Waals surface area contributed by atoms with E-state index in [0.29, 0.717) is 97.6 Å². The van der Waals surface area contributed by atoms with Crippen molar-refractivity contribution in [2.75, 3.05) is 19.5 Å².